The molecule has 0 N–H and O–H groups in total. The van der Waals surface area contributed by atoms with Crippen molar-refractivity contribution in [1.29, 1.82) is 0 Å². The van der Waals surface area contributed by atoms with Crippen LogP contribution in [0.25, 0.3) is 11.1 Å². The van der Waals surface area contributed by atoms with Crippen LogP contribution in [0.2, 0.25) is 39.3 Å². The van der Waals surface area contributed by atoms with E-state index >= 15 is 0 Å². The number of benzene rings is 2. The van der Waals surface area contributed by atoms with Gasteiger partial charge in [0.15, 0.2) is 0 Å². The summed E-state index contributed by atoms with van der Waals surface area (Å²) >= 11 is 1.66. The van der Waals surface area contributed by atoms with Gasteiger partial charge in [-0.3, -0.25) is 6.08 Å². The Morgan fingerprint density at radius 2 is 1.50 bits per heavy atom. The van der Waals surface area contributed by atoms with Crippen molar-refractivity contribution in [3.63, 3.8) is 0 Å². The molecule has 0 unspecified atom stereocenters. The van der Waals surface area contributed by atoms with Gasteiger partial charge in [-0.15, -0.1) is 12.0 Å². The van der Waals surface area contributed by atoms with Gasteiger partial charge in [-0.2, -0.15) is 35.0 Å². The van der Waals surface area contributed by atoms with Gasteiger partial charge < -0.3 is 0 Å². The first-order chi connectivity index (χ1) is 14.1. The van der Waals surface area contributed by atoms with E-state index in [9.17, 15) is 0 Å². The SMILES string of the molecule is C[Si](C)(C)c1c[c-]c2c(c1)-c1cc([Si](C)(C)C)ccc1C2.[C-]1=CC=CC1.[Zr+2]=[C]1CC1. The molecule has 0 nitrogen and oxygen atoms in total. The summed E-state index contributed by atoms with van der Waals surface area (Å²) in [4.78, 5) is 0. The summed E-state index contributed by atoms with van der Waals surface area (Å²) in [6, 6.07) is 15.5. The van der Waals surface area contributed by atoms with E-state index in [0.29, 0.717) is 0 Å². The molecule has 0 saturated heterocycles. The Bertz CT molecular complexity index is 907. The molecule has 2 aromatic rings. The second-order valence-corrected chi connectivity index (χ2v) is 22.3. The van der Waals surface area contributed by atoms with E-state index in [1.165, 1.54) is 40.3 Å². The summed E-state index contributed by atoms with van der Waals surface area (Å²) in [5.74, 6) is 0. The molecule has 0 amide bonds. The second-order valence-electron chi connectivity index (χ2n) is 10.4. The molecule has 0 spiro atoms. The van der Waals surface area contributed by atoms with Crippen molar-refractivity contribution < 1.29 is 24.2 Å². The zero-order valence-electron chi connectivity index (χ0n) is 19.4. The Labute approximate surface area is 200 Å². The van der Waals surface area contributed by atoms with E-state index < -0.39 is 16.1 Å². The molecule has 1 saturated carbocycles. The summed E-state index contributed by atoms with van der Waals surface area (Å²) in [6.07, 6.45) is 13.9. The van der Waals surface area contributed by atoms with Crippen LogP contribution >= 0.6 is 0 Å². The van der Waals surface area contributed by atoms with Gasteiger partial charge in [-0.1, -0.05) is 73.8 Å². The average molecular weight is 506 g/mol. The Morgan fingerprint density at radius 1 is 0.867 bits per heavy atom. The summed E-state index contributed by atoms with van der Waals surface area (Å²) in [5, 5.41) is 3.08. The minimum absolute atomic E-state index is 1.01. The monoisotopic (exact) mass is 504 g/mol. The van der Waals surface area contributed by atoms with Gasteiger partial charge in [0, 0.05) is 8.07 Å². The van der Waals surface area contributed by atoms with E-state index in [1.54, 1.807) is 32.6 Å². The molecule has 0 aliphatic heterocycles. The van der Waals surface area contributed by atoms with Crippen molar-refractivity contribution in [2.45, 2.75) is 65.0 Å². The number of hydrogen-bond donors (Lipinski definition) is 0. The topological polar surface area (TPSA) is 0 Å². The van der Waals surface area contributed by atoms with Crippen LogP contribution in [0.4, 0.5) is 0 Å². The fraction of sp³-hybridized carbons (Fsp3) is 0.370. The van der Waals surface area contributed by atoms with E-state index in [1.807, 2.05) is 12.2 Å². The maximum absolute atomic E-state index is 3.58. The van der Waals surface area contributed by atoms with Gasteiger partial charge in [0.2, 0.25) is 0 Å². The number of fused-ring (bicyclic) bond motifs is 3. The van der Waals surface area contributed by atoms with Gasteiger partial charge in [0.1, 0.15) is 0 Å². The number of allylic oxidation sites excluding steroid dienone is 4. The van der Waals surface area contributed by atoms with Crippen molar-refractivity contribution >= 4 is 29.7 Å². The number of hydrogen-bond acceptors (Lipinski definition) is 0. The number of rotatable bonds is 2. The summed E-state index contributed by atoms with van der Waals surface area (Å²) in [7, 11) is -2.52. The third-order valence-electron chi connectivity index (χ3n) is 5.61. The van der Waals surface area contributed by atoms with Crippen LogP contribution in [0.5, 0.6) is 0 Å². The van der Waals surface area contributed by atoms with Crippen LogP contribution in [0.3, 0.4) is 0 Å². The Morgan fingerprint density at radius 3 is 1.97 bits per heavy atom. The van der Waals surface area contributed by atoms with E-state index in [0.717, 1.165) is 12.8 Å². The molecule has 0 bridgehead atoms. The molecule has 2 aromatic carbocycles. The second kappa shape index (κ2) is 9.71. The zero-order valence-corrected chi connectivity index (χ0v) is 23.9. The fourth-order valence-electron chi connectivity index (χ4n) is 3.39. The Hall–Kier alpha value is -0.893. The molecule has 0 atom stereocenters. The standard InChI is InChI=1S/C19H25Si2.C5H5.C3H4.Zr/c1-20(2,3)16-9-7-14-11-15-8-10-17(21(4,5)6)13-19(15)18(14)12-16;1-2-4-5-3-1;1-2-3-1;/h7,9-10,12-13H,11H2,1-6H3;1-3H,4H2;1-2H2;/q2*-1;;+2. The maximum atomic E-state index is 3.58. The van der Waals surface area contributed by atoms with E-state index in [-0.39, 0.29) is 0 Å². The van der Waals surface area contributed by atoms with Crippen molar-refractivity contribution in [3.8, 4) is 11.1 Å². The quantitative estimate of drug-likeness (QED) is 0.298. The minimum atomic E-state index is -1.27. The molecule has 1 fully saturated rings. The Kier molecular flexibility index (Phi) is 7.70. The molecule has 5 rings (SSSR count). The molecule has 0 heterocycles. The Balaban J connectivity index is 0.000000233. The normalized spacial score (nSPS) is 15.7. The molecule has 3 heteroatoms. The summed E-state index contributed by atoms with van der Waals surface area (Å²) in [6.45, 7) is 14.5. The summed E-state index contributed by atoms with van der Waals surface area (Å²) < 4.78 is 1.76. The van der Waals surface area contributed by atoms with Gasteiger partial charge in [-0.25, -0.2) is 12.2 Å². The first-order valence-corrected chi connectivity index (χ1v) is 19.3. The molecule has 154 valence electrons. The van der Waals surface area contributed by atoms with E-state index in [4.69, 9.17) is 0 Å². The van der Waals surface area contributed by atoms with Crippen LogP contribution in [-0.4, -0.2) is 19.4 Å². The van der Waals surface area contributed by atoms with Gasteiger partial charge in [-0.05, 0) is 6.42 Å². The van der Waals surface area contributed by atoms with Gasteiger partial charge >= 0.3 is 40.3 Å². The zero-order chi connectivity index (χ0) is 21.9. The molecule has 3 aliphatic rings. The molecule has 0 radical (unpaired) electrons. The van der Waals surface area contributed by atoms with Crippen LogP contribution in [0.1, 0.15) is 30.4 Å². The van der Waals surface area contributed by atoms with Gasteiger partial charge in [0.05, 0.1) is 8.07 Å². The van der Waals surface area contributed by atoms with Crippen molar-refractivity contribution in [1.82, 2.24) is 0 Å². The van der Waals surface area contributed by atoms with Crippen LogP contribution < -0.4 is 10.4 Å². The first-order valence-electron chi connectivity index (χ1n) is 11.0. The first kappa shape index (κ1) is 23.8. The molecule has 3 aliphatic carbocycles. The van der Waals surface area contributed by atoms with Crippen LogP contribution in [0.15, 0.2) is 48.6 Å². The summed E-state index contributed by atoms with van der Waals surface area (Å²) in [5.41, 5.74) is 5.79. The molecular weight excluding hydrogens is 472 g/mol. The fourth-order valence-corrected chi connectivity index (χ4v) is 5.94. The van der Waals surface area contributed by atoms with Crippen LogP contribution in [0, 0.1) is 12.1 Å². The molecule has 0 aromatic heterocycles. The van der Waals surface area contributed by atoms with Crippen molar-refractivity contribution in [3.05, 3.63) is 71.8 Å². The predicted molar refractivity (Wildman–Crippen MR) is 135 cm³/mol. The van der Waals surface area contributed by atoms with Crippen molar-refractivity contribution in [2.75, 3.05) is 0 Å². The third kappa shape index (κ3) is 6.55. The predicted octanol–water partition coefficient (Wildman–Crippen LogP) is 5.95. The molecular formula is C27H34Si2Zr. The molecule has 30 heavy (non-hydrogen) atoms. The van der Waals surface area contributed by atoms with Gasteiger partial charge in [0.25, 0.3) is 0 Å². The van der Waals surface area contributed by atoms with Crippen molar-refractivity contribution in [2.24, 2.45) is 0 Å². The van der Waals surface area contributed by atoms with Crippen LogP contribution in [-0.2, 0) is 30.7 Å². The average Bonchev–Trinajstić information content (AvgIpc) is 3.15. The van der Waals surface area contributed by atoms with E-state index in [2.05, 4.69) is 87.8 Å². The third-order valence-corrected chi connectivity index (χ3v) is 10.9.